The minimum atomic E-state index is -2.85. The lowest BCUT2D eigenvalue weighted by Gasteiger charge is -2.38. The van der Waals surface area contributed by atoms with Crippen LogP contribution in [0.4, 0.5) is 8.78 Å². The van der Waals surface area contributed by atoms with Crippen molar-refractivity contribution in [3.8, 4) is 11.3 Å². The van der Waals surface area contributed by atoms with Crippen LogP contribution in [0.15, 0.2) is 41.3 Å². The average Bonchev–Trinajstić information content (AvgIpc) is 3.17. The summed E-state index contributed by atoms with van der Waals surface area (Å²) in [5.41, 5.74) is 2.64. The number of amides is 1. The largest absolute Gasteiger partial charge is 0.339 e. The van der Waals surface area contributed by atoms with Gasteiger partial charge in [0.1, 0.15) is 5.56 Å². The van der Waals surface area contributed by atoms with E-state index >= 15 is 0 Å². The highest BCUT2D eigenvalue weighted by Gasteiger charge is 2.47. The van der Waals surface area contributed by atoms with Crippen molar-refractivity contribution in [1.29, 1.82) is 0 Å². The van der Waals surface area contributed by atoms with Crippen molar-refractivity contribution < 1.29 is 13.6 Å². The highest BCUT2D eigenvalue weighted by Crippen LogP contribution is 2.33. The first-order valence-corrected chi connectivity index (χ1v) is 10.3. The van der Waals surface area contributed by atoms with E-state index in [1.807, 2.05) is 12.1 Å². The minimum Gasteiger partial charge on any atom is -0.339 e. The van der Waals surface area contributed by atoms with E-state index in [1.165, 1.54) is 49.9 Å². The first kappa shape index (κ1) is 19.0. The van der Waals surface area contributed by atoms with Crippen LogP contribution in [0.1, 0.15) is 53.9 Å². The van der Waals surface area contributed by atoms with E-state index < -0.39 is 24.9 Å². The molecule has 2 aliphatic rings. The number of H-pyrrole nitrogens is 1. The summed E-state index contributed by atoms with van der Waals surface area (Å²) < 4.78 is 27.4. The molecule has 30 heavy (non-hydrogen) atoms. The van der Waals surface area contributed by atoms with Gasteiger partial charge < -0.3 is 9.88 Å². The van der Waals surface area contributed by atoms with Crippen molar-refractivity contribution in [2.24, 2.45) is 0 Å². The summed E-state index contributed by atoms with van der Waals surface area (Å²) in [6.45, 7) is -1.23. The number of carbonyl (C=O) groups excluding carboxylic acids is 1. The first-order valence-electron chi connectivity index (χ1n) is 10.3. The molecule has 6 nitrogen and oxygen atoms in total. The van der Waals surface area contributed by atoms with Crippen LogP contribution in [-0.4, -0.2) is 44.4 Å². The molecule has 156 valence electrons. The zero-order valence-corrected chi connectivity index (χ0v) is 16.4. The van der Waals surface area contributed by atoms with E-state index in [1.54, 1.807) is 0 Å². The van der Waals surface area contributed by atoms with Crippen LogP contribution >= 0.6 is 0 Å². The van der Waals surface area contributed by atoms with Gasteiger partial charge in [-0.05, 0) is 29.9 Å². The summed E-state index contributed by atoms with van der Waals surface area (Å²) >= 11 is 0. The number of nitrogens with zero attached hydrogens (tertiary/aromatic N) is 3. The van der Waals surface area contributed by atoms with Crippen molar-refractivity contribution in [2.75, 3.05) is 13.1 Å². The number of nitrogens with one attached hydrogen (secondary N) is 1. The van der Waals surface area contributed by atoms with Gasteiger partial charge in [0.05, 0.1) is 25.0 Å². The Hall–Kier alpha value is -3.03. The first-order chi connectivity index (χ1) is 14.4. The third kappa shape index (κ3) is 3.30. The fraction of sp³-hybridized carbons (Fsp3) is 0.409. The smallest absolute Gasteiger partial charge is 0.282 e. The van der Waals surface area contributed by atoms with E-state index in [-0.39, 0.29) is 16.8 Å². The number of aromatic amines is 1. The number of likely N-dealkylation sites (tertiary alicyclic amines) is 1. The Morgan fingerprint density at radius 1 is 1.10 bits per heavy atom. The van der Waals surface area contributed by atoms with Crippen LogP contribution in [0.5, 0.6) is 0 Å². The van der Waals surface area contributed by atoms with E-state index in [9.17, 15) is 18.4 Å². The second-order valence-corrected chi connectivity index (χ2v) is 8.31. The molecule has 0 unspecified atom stereocenters. The third-order valence-corrected chi connectivity index (χ3v) is 6.16. The van der Waals surface area contributed by atoms with Gasteiger partial charge >= 0.3 is 0 Å². The molecule has 1 aliphatic carbocycles. The van der Waals surface area contributed by atoms with Gasteiger partial charge in [0.25, 0.3) is 17.4 Å². The summed E-state index contributed by atoms with van der Waals surface area (Å²) in [6, 6.07) is 9.57. The molecule has 5 rings (SSSR count). The molecule has 3 aromatic rings. The van der Waals surface area contributed by atoms with Crippen molar-refractivity contribution >= 4 is 11.6 Å². The average molecular weight is 412 g/mol. The molecular weight excluding hydrogens is 390 g/mol. The van der Waals surface area contributed by atoms with Gasteiger partial charge in [-0.25, -0.2) is 8.78 Å². The predicted octanol–water partition coefficient (Wildman–Crippen LogP) is 3.83. The number of fused-ring (bicyclic) bond motifs is 1. The Morgan fingerprint density at radius 3 is 2.47 bits per heavy atom. The summed E-state index contributed by atoms with van der Waals surface area (Å²) in [5.74, 6) is -2.82. The number of hydrogen-bond donors (Lipinski definition) is 1. The topological polar surface area (TPSA) is 70.5 Å². The fourth-order valence-electron chi connectivity index (χ4n) is 4.49. The summed E-state index contributed by atoms with van der Waals surface area (Å²) in [7, 11) is 0. The Labute approximate surface area is 171 Å². The highest BCUT2D eigenvalue weighted by molar-refractivity contribution is 6.00. The summed E-state index contributed by atoms with van der Waals surface area (Å²) in [4.78, 5) is 29.3. The van der Waals surface area contributed by atoms with Crippen molar-refractivity contribution in [1.82, 2.24) is 19.5 Å². The maximum atomic E-state index is 13.1. The maximum Gasteiger partial charge on any atom is 0.282 e. The van der Waals surface area contributed by atoms with Gasteiger partial charge in [-0.2, -0.15) is 9.61 Å². The molecule has 1 saturated carbocycles. The fourth-order valence-corrected chi connectivity index (χ4v) is 4.49. The molecule has 2 fully saturated rings. The van der Waals surface area contributed by atoms with Gasteiger partial charge in [0, 0.05) is 6.07 Å². The lowest BCUT2D eigenvalue weighted by Crippen LogP contribution is -2.58. The lowest BCUT2D eigenvalue weighted by molar-refractivity contribution is -0.113. The van der Waals surface area contributed by atoms with Crippen molar-refractivity contribution in [3.05, 3.63) is 58.0 Å². The van der Waals surface area contributed by atoms with Crippen molar-refractivity contribution in [2.45, 2.75) is 43.9 Å². The van der Waals surface area contributed by atoms with Crippen LogP contribution in [0.2, 0.25) is 0 Å². The van der Waals surface area contributed by atoms with Crippen LogP contribution < -0.4 is 5.56 Å². The predicted molar refractivity (Wildman–Crippen MR) is 108 cm³/mol. The standard InChI is InChI=1S/C22H22F2N4O2/c23-22(24)12-27(13-22)21(30)17-11-25-28-19(29)10-18(26-20(17)28)16-8-6-15(7-9-16)14-4-2-1-3-5-14/h6-11,14,26H,1-5,12-13H2. The third-order valence-electron chi connectivity index (χ3n) is 6.16. The number of benzene rings is 1. The molecule has 0 atom stereocenters. The normalized spacial score (nSPS) is 19.1. The molecule has 0 radical (unpaired) electrons. The SMILES string of the molecule is O=C(c1cnn2c(=O)cc(-c3ccc(C4CCCCC4)cc3)[nH]c12)N1CC(F)(F)C1. The van der Waals surface area contributed by atoms with Crippen LogP contribution in [-0.2, 0) is 0 Å². The molecule has 1 saturated heterocycles. The monoisotopic (exact) mass is 412 g/mol. The number of alkyl halides is 2. The van der Waals surface area contributed by atoms with Crippen LogP contribution in [0, 0.1) is 0 Å². The van der Waals surface area contributed by atoms with E-state index in [4.69, 9.17) is 0 Å². The van der Waals surface area contributed by atoms with Gasteiger partial charge in [-0.15, -0.1) is 0 Å². The quantitative estimate of drug-likeness (QED) is 0.711. The van der Waals surface area contributed by atoms with Gasteiger partial charge in [0.2, 0.25) is 0 Å². The molecule has 2 aromatic heterocycles. The highest BCUT2D eigenvalue weighted by atomic mass is 19.3. The number of carbonyl (C=O) groups is 1. The zero-order valence-electron chi connectivity index (χ0n) is 16.4. The van der Waals surface area contributed by atoms with Gasteiger partial charge in [-0.3, -0.25) is 9.59 Å². The number of halogens is 2. The number of hydrogen-bond acceptors (Lipinski definition) is 3. The maximum absolute atomic E-state index is 13.1. The molecule has 0 spiro atoms. The Balaban J connectivity index is 1.46. The van der Waals surface area contributed by atoms with Gasteiger partial charge in [-0.1, -0.05) is 43.5 Å². The van der Waals surface area contributed by atoms with E-state index in [2.05, 4.69) is 22.2 Å². The summed E-state index contributed by atoms with van der Waals surface area (Å²) in [5, 5.41) is 3.96. The van der Waals surface area contributed by atoms with Crippen LogP contribution in [0.25, 0.3) is 16.9 Å². The van der Waals surface area contributed by atoms with E-state index in [0.717, 1.165) is 15.0 Å². The second-order valence-electron chi connectivity index (χ2n) is 8.31. The molecule has 3 heterocycles. The van der Waals surface area contributed by atoms with E-state index in [0.29, 0.717) is 11.6 Å². The second kappa shape index (κ2) is 7.04. The molecule has 1 N–H and O–H groups in total. The molecule has 1 amide bonds. The number of aromatic nitrogens is 3. The molecular formula is C22H22F2N4O2. The van der Waals surface area contributed by atoms with Gasteiger partial charge in [0.15, 0.2) is 5.65 Å². The number of rotatable bonds is 3. The summed E-state index contributed by atoms with van der Waals surface area (Å²) in [6.07, 6.45) is 7.49. The molecule has 0 bridgehead atoms. The van der Waals surface area contributed by atoms with Crippen molar-refractivity contribution in [3.63, 3.8) is 0 Å². The Bertz CT molecular complexity index is 1150. The molecule has 8 heteroatoms. The lowest BCUT2D eigenvalue weighted by atomic mass is 9.84. The Kier molecular flexibility index (Phi) is 4.45. The minimum absolute atomic E-state index is 0.114. The Morgan fingerprint density at radius 2 is 1.80 bits per heavy atom. The molecule has 1 aliphatic heterocycles. The zero-order chi connectivity index (χ0) is 20.9. The van der Waals surface area contributed by atoms with Crippen LogP contribution in [0.3, 0.4) is 0 Å². The molecule has 1 aromatic carbocycles.